The molecular weight excluding hydrogens is 210 g/mol. The molecule has 2 rings (SSSR count). The van der Waals surface area contributed by atoms with Crippen molar-refractivity contribution < 1.29 is 4.74 Å². The normalized spacial score (nSPS) is 25.5. The van der Waals surface area contributed by atoms with Gasteiger partial charge in [0.15, 0.2) is 0 Å². The molecule has 2 atom stereocenters. The predicted octanol–water partition coefficient (Wildman–Crippen LogP) is 3.24. The Morgan fingerprint density at radius 1 is 1.47 bits per heavy atom. The van der Waals surface area contributed by atoms with E-state index in [-0.39, 0.29) is 6.10 Å². The molecule has 0 saturated carbocycles. The average Bonchev–Trinajstić information content (AvgIpc) is 2.59. The van der Waals surface area contributed by atoms with Gasteiger partial charge in [0, 0.05) is 17.3 Å². The van der Waals surface area contributed by atoms with E-state index in [0.717, 1.165) is 29.3 Å². The number of hydrogen-bond acceptors (Lipinski definition) is 2. The summed E-state index contributed by atoms with van der Waals surface area (Å²) in [7, 11) is 0. The van der Waals surface area contributed by atoms with Gasteiger partial charge in [0.2, 0.25) is 0 Å². The first-order chi connectivity index (χ1) is 7.16. The third-order valence-electron chi connectivity index (χ3n) is 2.90. The van der Waals surface area contributed by atoms with Crippen molar-refractivity contribution in [1.82, 2.24) is 0 Å². The quantitative estimate of drug-likeness (QED) is 0.835. The van der Waals surface area contributed by atoms with Crippen molar-refractivity contribution in [2.75, 3.05) is 11.9 Å². The molecule has 1 aromatic rings. The van der Waals surface area contributed by atoms with E-state index in [1.165, 1.54) is 0 Å². The number of nitrogens with one attached hydrogen (secondary N) is 1. The van der Waals surface area contributed by atoms with Crippen LogP contribution in [0.5, 0.6) is 0 Å². The maximum Gasteiger partial charge on any atom is 0.0748 e. The SMILES string of the molecule is Cc1ccc(N[C@H]2CCO[C@H]2C)cc1Cl. The summed E-state index contributed by atoms with van der Waals surface area (Å²) < 4.78 is 5.50. The summed E-state index contributed by atoms with van der Waals surface area (Å²) in [6.07, 6.45) is 1.34. The average molecular weight is 226 g/mol. The number of halogens is 1. The Kier molecular flexibility index (Phi) is 3.17. The summed E-state index contributed by atoms with van der Waals surface area (Å²) in [5, 5.41) is 4.26. The minimum Gasteiger partial charge on any atom is -0.380 e. The highest BCUT2D eigenvalue weighted by molar-refractivity contribution is 6.31. The Morgan fingerprint density at radius 2 is 2.27 bits per heavy atom. The molecule has 1 aromatic carbocycles. The van der Waals surface area contributed by atoms with Crippen LogP contribution in [0.15, 0.2) is 18.2 Å². The third-order valence-corrected chi connectivity index (χ3v) is 3.31. The molecule has 1 fully saturated rings. The number of benzene rings is 1. The smallest absolute Gasteiger partial charge is 0.0748 e. The zero-order valence-electron chi connectivity index (χ0n) is 9.09. The molecular formula is C12H16ClNO. The Hall–Kier alpha value is -0.730. The zero-order chi connectivity index (χ0) is 10.8. The number of ether oxygens (including phenoxy) is 1. The second kappa shape index (κ2) is 4.42. The summed E-state index contributed by atoms with van der Waals surface area (Å²) in [5.74, 6) is 0. The Labute approximate surface area is 95.6 Å². The van der Waals surface area contributed by atoms with Crippen LogP contribution in [-0.2, 0) is 4.74 Å². The van der Waals surface area contributed by atoms with Crippen LogP contribution in [0.3, 0.4) is 0 Å². The summed E-state index contributed by atoms with van der Waals surface area (Å²) in [5.41, 5.74) is 2.19. The van der Waals surface area contributed by atoms with E-state index in [9.17, 15) is 0 Å². The molecule has 2 nitrogen and oxygen atoms in total. The fraction of sp³-hybridized carbons (Fsp3) is 0.500. The minimum atomic E-state index is 0.282. The van der Waals surface area contributed by atoms with Gasteiger partial charge in [-0.15, -0.1) is 0 Å². The minimum absolute atomic E-state index is 0.282. The summed E-state index contributed by atoms with van der Waals surface area (Å²) in [6, 6.07) is 6.48. The Bertz CT molecular complexity index is 353. The van der Waals surface area contributed by atoms with E-state index in [0.29, 0.717) is 6.04 Å². The third kappa shape index (κ3) is 2.44. The van der Waals surface area contributed by atoms with Gasteiger partial charge < -0.3 is 10.1 Å². The van der Waals surface area contributed by atoms with Gasteiger partial charge in [-0.05, 0) is 38.0 Å². The maximum atomic E-state index is 6.06. The van der Waals surface area contributed by atoms with Crippen molar-refractivity contribution in [2.45, 2.75) is 32.4 Å². The second-order valence-corrected chi connectivity index (χ2v) is 4.49. The highest BCUT2D eigenvalue weighted by Gasteiger charge is 2.23. The molecule has 0 unspecified atom stereocenters. The monoisotopic (exact) mass is 225 g/mol. The largest absolute Gasteiger partial charge is 0.380 e. The highest BCUT2D eigenvalue weighted by Crippen LogP contribution is 2.23. The maximum absolute atomic E-state index is 6.06. The Morgan fingerprint density at radius 3 is 2.87 bits per heavy atom. The van der Waals surface area contributed by atoms with Gasteiger partial charge in [-0.2, -0.15) is 0 Å². The molecule has 1 aliphatic heterocycles. The molecule has 0 aromatic heterocycles. The molecule has 1 N–H and O–H groups in total. The van der Waals surface area contributed by atoms with Crippen molar-refractivity contribution in [2.24, 2.45) is 0 Å². The van der Waals surface area contributed by atoms with Crippen molar-refractivity contribution in [3.8, 4) is 0 Å². The van der Waals surface area contributed by atoms with Gasteiger partial charge in [0.25, 0.3) is 0 Å². The predicted molar refractivity (Wildman–Crippen MR) is 63.6 cm³/mol. The first-order valence-corrected chi connectivity index (χ1v) is 5.69. The summed E-state index contributed by atoms with van der Waals surface area (Å²) in [6.45, 7) is 4.95. The van der Waals surface area contributed by atoms with Crippen LogP contribution in [-0.4, -0.2) is 18.8 Å². The fourth-order valence-corrected chi connectivity index (χ4v) is 2.00. The van der Waals surface area contributed by atoms with Gasteiger partial charge in [-0.1, -0.05) is 17.7 Å². The van der Waals surface area contributed by atoms with E-state index >= 15 is 0 Å². The van der Waals surface area contributed by atoms with Crippen molar-refractivity contribution in [3.63, 3.8) is 0 Å². The van der Waals surface area contributed by atoms with E-state index < -0.39 is 0 Å². The lowest BCUT2D eigenvalue weighted by atomic mass is 10.1. The molecule has 15 heavy (non-hydrogen) atoms. The van der Waals surface area contributed by atoms with Crippen LogP contribution in [0.25, 0.3) is 0 Å². The zero-order valence-corrected chi connectivity index (χ0v) is 9.84. The van der Waals surface area contributed by atoms with Gasteiger partial charge >= 0.3 is 0 Å². The lowest BCUT2D eigenvalue weighted by Crippen LogP contribution is -2.26. The molecule has 0 spiro atoms. The van der Waals surface area contributed by atoms with Crippen molar-refractivity contribution in [1.29, 1.82) is 0 Å². The van der Waals surface area contributed by atoms with Crippen LogP contribution in [0, 0.1) is 6.92 Å². The lowest BCUT2D eigenvalue weighted by molar-refractivity contribution is 0.121. The standard InChI is InChI=1S/C12H16ClNO/c1-8-3-4-10(7-11(8)13)14-12-5-6-15-9(12)2/h3-4,7,9,12,14H,5-6H2,1-2H3/t9-,12-/m0/s1. The van der Waals surface area contributed by atoms with E-state index in [1.807, 2.05) is 19.1 Å². The van der Waals surface area contributed by atoms with E-state index in [1.54, 1.807) is 0 Å². The van der Waals surface area contributed by atoms with Gasteiger partial charge in [0.05, 0.1) is 12.1 Å². The second-order valence-electron chi connectivity index (χ2n) is 4.08. The van der Waals surface area contributed by atoms with E-state index in [2.05, 4.69) is 18.3 Å². The molecule has 0 amide bonds. The topological polar surface area (TPSA) is 21.3 Å². The molecule has 1 aliphatic rings. The van der Waals surface area contributed by atoms with Crippen LogP contribution in [0.2, 0.25) is 5.02 Å². The molecule has 3 heteroatoms. The molecule has 1 heterocycles. The summed E-state index contributed by atoms with van der Waals surface area (Å²) >= 11 is 6.06. The van der Waals surface area contributed by atoms with Gasteiger partial charge in [-0.25, -0.2) is 0 Å². The molecule has 1 saturated heterocycles. The molecule has 82 valence electrons. The van der Waals surface area contributed by atoms with Crippen molar-refractivity contribution in [3.05, 3.63) is 28.8 Å². The molecule has 0 aliphatic carbocycles. The number of aryl methyl sites for hydroxylation is 1. The van der Waals surface area contributed by atoms with Crippen LogP contribution < -0.4 is 5.32 Å². The van der Waals surface area contributed by atoms with E-state index in [4.69, 9.17) is 16.3 Å². The first-order valence-electron chi connectivity index (χ1n) is 5.31. The van der Waals surface area contributed by atoms with Gasteiger partial charge in [0.1, 0.15) is 0 Å². The highest BCUT2D eigenvalue weighted by atomic mass is 35.5. The Balaban J connectivity index is 2.07. The summed E-state index contributed by atoms with van der Waals surface area (Å²) in [4.78, 5) is 0. The number of rotatable bonds is 2. The van der Waals surface area contributed by atoms with Crippen molar-refractivity contribution >= 4 is 17.3 Å². The molecule has 0 radical (unpaired) electrons. The number of hydrogen-bond donors (Lipinski definition) is 1. The fourth-order valence-electron chi connectivity index (χ4n) is 1.82. The lowest BCUT2D eigenvalue weighted by Gasteiger charge is -2.17. The first kappa shape index (κ1) is 10.8. The van der Waals surface area contributed by atoms with Gasteiger partial charge in [-0.3, -0.25) is 0 Å². The van der Waals surface area contributed by atoms with Crippen LogP contribution in [0.1, 0.15) is 18.9 Å². The molecule has 0 bridgehead atoms. The van der Waals surface area contributed by atoms with Crippen LogP contribution in [0.4, 0.5) is 5.69 Å². The number of anilines is 1. The van der Waals surface area contributed by atoms with Crippen LogP contribution >= 0.6 is 11.6 Å².